The summed E-state index contributed by atoms with van der Waals surface area (Å²) in [4.78, 5) is 2.51. The Labute approximate surface area is 132 Å². The molecule has 0 aromatic heterocycles. The van der Waals surface area contributed by atoms with Crippen LogP contribution in [0.1, 0.15) is 44.2 Å². The Morgan fingerprint density at radius 2 is 2.05 bits per heavy atom. The SMILES string of the molecule is CCC1CCCN(C(CN)c2ccc(Cl)c(Cl)c2)CC1. The number of nitrogens with zero attached hydrogens (tertiary/aromatic N) is 1. The van der Waals surface area contributed by atoms with Crippen LogP contribution in [-0.4, -0.2) is 24.5 Å². The molecule has 1 saturated heterocycles. The molecule has 0 aliphatic carbocycles. The van der Waals surface area contributed by atoms with Gasteiger partial charge in [0.1, 0.15) is 0 Å². The summed E-state index contributed by atoms with van der Waals surface area (Å²) < 4.78 is 0. The first-order valence-electron chi connectivity index (χ1n) is 7.54. The van der Waals surface area contributed by atoms with Crippen molar-refractivity contribution < 1.29 is 0 Å². The summed E-state index contributed by atoms with van der Waals surface area (Å²) in [5.41, 5.74) is 7.20. The van der Waals surface area contributed by atoms with Gasteiger partial charge in [-0.25, -0.2) is 0 Å². The van der Waals surface area contributed by atoms with E-state index in [0.717, 1.165) is 19.0 Å². The molecule has 0 spiro atoms. The number of halogens is 2. The molecular formula is C16H24Cl2N2. The highest BCUT2D eigenvalue weighted by Crippen LogP contribution is 2.30. The molecule has 1 fully saturated rings. The van der Waals surface area contributed by atoms with Gasteiger partial charge in [0.15, 0.2) is 0 Å². The fourth-order valence-electron chi connectivity index (χ4n) is 3.12. The summed E-state index contributed by atoms with van der Waals surface area (Å²) in [6.45, 7) is 5.16. The zero-order valence-corrected chi connectivity index (χ0v) is 13.6. The fourth-order valence-corrected chi connectivity index (χ4v) is 3.43. The topological polar surface area (TPSA) is 29.3 Å². The van der Waals surface area contributed by atoms with Crippen LogP contribution in [-0.2, 0) is 0 Å². The van der Waals surface area contributed by atoms with Crippen LogP contribution in [0.2, 0.25) is 10.0 Å². The number of benzene rings is 1. The maximum Gasteiger partial charge on any atom is 0.0595 e. The molecule has 4 heteroatoms. The Balaban J connectivity index is 2.12. The van der Waals surface area contributed by atoms with Gasteiger partial charge in [-0.1, -0.05) is 42.6 Å². The number of hydrogen-bond acceptors (Lipinski definition) is 2. The summed E-state index contributed by atoms with van der Waals surface area (Å²) in [5, 5.41) is 1.22. The standard InChI is InChI=1S/C16H24Cl2N2/c1-2-12-4-3-8-20(9-7-12)16(11-19)13-5-6-14(17)15(18)10-13/h5-6,10,12,16H,2-4,7-9,11,19H2,1H3. The highest BCUT2D eigenvalue weighted by atomic mass is 35.5. The molecule has 2 nitrogen and oxygen atoms in total. The summed E-state index contributed by atoms with van der Waals surface area (Å²) >= 11 is 12.1. The maximum atomic E-state index is 6.14. The van der Waals surface area contributed by atoms with Crippen molar-refractivity contribution in [3.05, 3.63) is 33.8 Å². The first-order valence-corrected chi connectivity index (χ1v) is 8.30. The van der Waals surface area contributed by atoms with Gasteiger partial charge in [0.2, 0.25) is 0 Å². The lowest BCUT2D eigenvalue weighted by atomic mass is 9.98. The van der Waals surface area contributed by atoms with Crippen LogP contribution in [0.5, 0.6) is 0 Å². The van der Waals surface area contributed by atoms with Crippen molar-refractivity contribution in [3.63, 3.8) is 0 Å². The first kappa shape index (κ1) is 16.1. The van der Waals surface area contributed by atoms with E-state index in [2.05, 4.69) is 11.8 Å². The molecule has 0 saturated carbocycles. The second-order valence-corrected chi connectivity index (χ2v) is 6.48. The molecule has 0 amide bonds. The average Bonchev–Trinajstić information content (AvgIpc) is 2.69. The van der Waals surface area contributed by atoms with Crippen LogP contribution < -0.4 is 5.73 Å². The van der Waals surface area contributed by atoms with Gasteiger partial charge in [-0.05, 0) is 56.0 Å². The molecule has 1 aliphatic heterocycles. The van der Waals surface area contributed by atoms with Crippen molar-refractivity contribution >= 4 is 23.2 Å². The molecule has 20 heavy (non-hydrogen) atoms. The molecule has 0 bridgehead atoms. The summed E-state index contributed by atoms with van der Waals surface area (Å²) in [7, 11) is 0. The van der Waals surface area contributed by atoms with Crippen molar-refractivity contribution in [1.29, 1.82) is 0 Å². The highest BCUT2D eigenvalue weighted by Gasteiger charge is 2.23. The van der Waals surface area contributed by atoms with Crippen LogP contribution >= 0.6 is 23.2 Å². The lowest BCUT2D eigenvalue weighted by Crippen LogP contribution is -2.34. The van der Waals surface area contributed by atoms with Crippen molar-refractivity contribution in [2.45, 2.75) is 38.6 Å². The van der Waals surface area contributed by atoms with E-state index in [1.54, 1.807) is 0 Å². The molecule has 1 aromatic rings. The van der Waals surface area contributed by atoms with Crippen LogP contribution in [0.4, 0.5) is 0 Å². The Kier molecular flexibility index (Phi) is 6.16. The molecule has 2 N–H and O–H groups in total. The summed E-state index contributed by atoms with van der Waals surface area (Å²) in [6, 6.07) is 6.13. The molecule has 112 valence electrons. The smallest absolute Gasteiger partial charge is 0.0595 e. The minimum atomic E-state index is 0.250. The second-order valence-electron chi connectivity index (χ2n) is 5.67. The number of nitrogens with two attached hydrogens (primary N) is 1. The van der Waals surface area contributed by atoms with Crippen LogP contribution in [0.3, 0.4) is 0 Å². The third-order valence-electron chi connectivity index (χ3n) is 4.45. The molecular weight excluding hydrogens is 291 g/mol. The van der Waals surface area contributed by atoms with Gasteiger partial charge >= 0.3 is 0 Å². The van der Waals surface area contributed by atoms with Gasteiger partial charge in [-0.3, -0.25) is 4.90 Å². The predicted octanol–water partition coefficient (Wildman–Crippen LogP) is 4.51. The van der Waals surface area contributed by atoms with Crippen molar-refractivity contribution in [2.75, 3.05) is 19.6 Å². The molecule has 2 rings (SSSR count). The molecule has 1 aromatic carbocycles. The van der Waals surface area contributed by atoms with E-state index < -0.39 is 0 Å². The van der Waals surface area contributed by atoms with E-state index in [1.165, 1.54) is 31.2 Å². The van der Waals surface area contributed by atoms with E-state index in [9.17, 15) is 0 Å². The van der Waals surface area contributed by atoms with Crippen molar-refractivity contribution in [2.24, 2.45) is 11.7 Å². The highest BCUT2D eigenvalue weighted by molar-refractivity contribution is 6.42. The average molecular weight is 315 g/mol. The Hall–Kier alpha value is -0.280. The van der Waals surface area contributed by atoms with Crippen molar-refractivity contribution in [1.82, 2.24) is 4.90 Å². The maximum absolute atomic E-state index is 6.14. The summed E-state index contributed by atoms with van der Waals surface area (Å²) in [5.74, 6) is 0.868. The van der Waals surface area contributed by atoms with Crippen LogP contribution in [0.25, 0.3) is 0 Å². The largest absolute Gasteiger partial charge is 0.329 e. The normalized spacial score (nSPS) is 22.5. The third kappa shape index (κ3) is 3.88. The molecule has 2 atom stereocenters. The number of hydrogen-bond donors (Lipinski definition) is 1. The predicted molar refractivity (Wildman–Crippen MR) is 87.5 cm³/mol. The molecule has 1 heterocycles. The van der Waals surface area contributed by atoms with E-state index in [1.807, 2.05) is 18.2 Å². The van der Waals surface area contributed by atoms with Crippen LogP contribution in [0.15, 0.2) is 18.2 Å². The lowest BCUT2D eigenvalue weighted by molar-refractivity contribution is 0.207. The fraction of sp³-hybridized carbons (Fsp3) is 0.625. The van der Waals surface area contributed by atoms with Gasteiger partial charge < -0.3 is 5.73 Å². The number of likely N-dealkylation sites (tertiary alicyclic amines) is 1. The summed E-state index contributed by atoms with van der Waals surface area (Å²) in [6.07, 6.45) is 5.16. The zero-order valence-electron chi connectivity index (χ0n) is 12.1. The van der Waals surface area contributed by atoms with Gasteiger partial charge in [-0.15, -0.1) is 0 Å². The first-order chi connectivity index (χ1) is 9.65. The molecule has 0 radical (unpaired) electrons. The zero-order chi connectivity index (χ0) is 14.5. The van der Waals surface area contributed by atoms with E-state index in [0.29, 0.717) is 16.6 Å². The van der Waals surface area contributed by atoms with E-state index >= 15 is 0 Å². The quantitative estimate of drug-likeness (QED) is 0.886. The molecule has 1 aliphatic rings. The van der Waals surface area contributed by atoms with E-state index in [4.69, 9.17) is 28.9 Å². The number of rotatable bonds is 4. The van der Waals surface area contributed by atoms with Gasteiger partial charge in [0, 0.05) is 12.6 Å². The second kappa shape index (κ2) is 7.65. The lowest BCUT2D eigenvalue weighted by Gasteiger charge is -2.30. The van der Waals surface area contributed by atoms with Crippen LogP contribution in [0, 0.1) is 5.92 Å². The monoisotopic (exact) mass is 314 g/mol. The van der Waals surface area contributed by atoms with Gasteiger partial charge in [0.05, 0.1) is 10.0 Å². The molecule has 2 unspecified atom stereocenters. The van der Waals surface area contributed by atoms with Crippen molar-refractivity contribution in [3.8, 4) is 0 Å². The Morgan fingerprint density at radius 3 is 2.70 bits per heavy atom. The van der Waals surface area contributed by atoms with E-state index in [-0.39, 0.29) is 6.04 Å². The Bertz CT molecular complexity index is 436. The van der Waals surface area contributed by atoms with Gasteiger partial charge in [0.25, 0.3) is 0 Å². The Morgan fingerprint density at radius 1 is 1.25 bits per heavy atom. The minimum Gasteiger partial charge on any atom is -0.329 e. The third-order valence-corrected chi connectivity index (χ3v) is 5.19. The minimum absolute atomic E-state index is 0.250. The van der Waals surface area contributed by atoms with Gasteiger partial charge in [-0.2, -0.15) is 0 Å².